The van der Waals surface area contributed by atoms with Crippen LogP contribution in [0, 0.1) is 5.92 Å². The molecule has 1 atom stereocenters. The van der Waals surface area contributed by atoms with E-state index in [4.69, 9.17) is 0 Å². The van der Waals surface area contributed by atoms with Crippen molar-refractivity contribution in [2.75, 3.05) is 0 Å². The minimum atomic E-state index is -0.00576. The Kier molecular flexibility index (Phi) is 4.39. The highest BCUT2D eigenvalue weighted by atomic mass is 32.1. The number of carbonyl (C=O) groups excluding carboxylic acids is 1. The zero-order valence-electron chi connectivity index (χ0n) is 12.3. The van der Waals surface area contributed by atoms with Crippen LogP contribution in [-0.4, -0.2) is 5.91 Å². The van der Waals surface area contributed by atoms with E-state index in [2.05, 4.69) is 48.0 Å². The summed E-state index contributed by atoms with van der Waals surface area (Å²) in [4.78, 5) is 13.3. The van der Waals surface area contributed by atoms with Crippen LogP contribution in [-0.2, 0) is 11.2 Å². The van der Waals surface area contributed by atoms with E-state index in [0.717, 1.165) is 25.7 Å². The fourth-order valence-electron chi connectivity index (χ4n) is 2.55. The van der Waals surface area contributed by atoms with E-state index < -0.39 is 0 Å². The second-order valence-corrected chi connectivity index (χ2v) is 6.70. The maximum atomic E-state index is 12.1. The van der Waals surface area contributed by atoms with Crippen LogP contribution in [0.5, 0.6) is 0 Å². The summed E-state index contributed by atoms with van der Waals surface area (Å²) in [6.07, 6.45) is 4.35. The summed E-state index contributed by atoms with van der Waals surface area (Å²) < 4.78 is 0. The number of thiophene rings is 1. The summed E-state index contributed by atoms with van der Waals surface area (Å²) >= 11 is 1.70. The van der Waals surface area contributed by atoms with Crippen molar-refractivity contribution in [2.24, 2.45) is 5.92 Å². The number of hydrogen-bond acceptors (Lipinski definition) is 2. The molecule has 110 valence electrons. The Morgan fingerprint density at radius 2 is 2.05 bits per heavy atom. The lowest BCUT2D eigenvalue weighted by molar-refractivity contribution is -0.122. The maximum Gasteiger partial charge on any atom is 0.223 e. The van der Waals surface area contributed by atoms with Gasteiger partial charge in [0.2, 0.25) is 5.91 Å². The molecular weight excluding hydrogens is 278 g/mol. The predicted molar refractivity (Wildman–Crippen MR) is 87.5 cm³/mol. The van der Waals surface area contributed by atoms with Gasteiger partial charge in [-0.2, -0.15) is 0 Å². The Balaban J connectivity index is 1.81. The molecule has 0 radical (unpaired) electrons. The number of rotatable bonds is 6. The van der Waals surface area contributed by atoms with Gasteiger partial charge in [0.05, 0.1) is 6.04 Å². The highest BCUT2D eigenvalue weighted by Crippen LogP contribution is 2.32. The van der Waals surface area contributed by atoms with Crippen LogP contribution in [0.2, 0.25) is 0 Å². The van der Waals surface area contributed by atoms with Crippen molar-refractivity contribution in [3.05, 3.63) is 57.8 Å². The zero-order chi connectivity index (χ0) is 14.7. The van der Waals surface area contributed by atoms with Crippen LogP contribution in [0.1, 0.15) is 48.2 Å². The third-order valence-corrected chi connectivity index (χ3v) is 4.85. The van der Waals surface area contributed by atoms with E-state index in [9.17, 15) is 4.79 Å². The molecule has 1 fully saturated rings. The summed E-state index contributed by atoms with van der Waals surface area (Å²) in [7, 11) is 0. The minimum Gasteiger partial charge on any atom is -0.344 e. The van der Waals surface area contributed by atoms with Crippen LogP contribution in [0.4, 0.5) is 0 Å². The molecule has 0 bridgehead atoms. The van der Waals surface area contributed by atoms with E-state index >= 15 is 0 Å². The normalized spacial score (nSPS) is 15.7. The van der Waals surface area contributed by atoms with E-state index in [1.807, 2.05) is 6.07 Å². The molecule has 21 heavy (non-hydrogen) atoms. The quantitative estimate of drug-likeness (QED) is 0.846. The van der Waals surface area contributed by atoms with E-state index in [-0.39, 0.29) is 17.9 Å². The van der Waals surface area contributed by atoms with Gasteiger partial charge in [0, 0.05) is 10.8 Å². The Morgan fingerprint density at radius 3 is 2.62 bits per heavy atom. The molecule has 1 aromatic heterocycles. The molecule has 0 aliphatic heterocycles. The predicted octanol–water partition coefficient (Wildman–Crippen LogP) is 4.32. The van der Waals surface area contributed by atoms with E-state index in [1.54, 1.807) is 11.3 Å². The maximum absolute atomic E-state index is 12.1. The standard InChI is InChI=1S/C18H21NOS/c1-2-4-13-6-8-14(9-7-13)17(16-5-3-12-21-16)19-18(20)15-10-11-15/h3,5-9,12,15,17H,2,4,10-11H2,1H3,(H,19,20)/t17-/m0/s1. The van der Waals surface area contributed by atoms with Gasteiger partial charge in [-0.3, -0.25) is 4.79 Å². The fraction of sp³-hybridized carbons (Fsp3) is 0.389. The Bertz CT molecular complexity index is 584. The monoisotopic (exact) mass is 299 g/mol. The number of carbonyl (C=O) groups is 1. The molecule has 1 amide bonds. The van der Waals surface area contributed by atoms with Gasteiger partial charge in [0.1, 0.15) is 0 Å². The van der Waals surface area contributed by atoms with Gasteiger partial charge in [-0.05, 0) is 41.8 Å². The molecule has 1 heterocycles. The minimum absolute atomic E-state index is 0.00576. The lowest BCUT2D eigenvalue weighted by atomic mass is 10.0. The molecule has 1 aliphatic carbocycles. The van der Waals surface area contributed by atoms with Gasteiger partial charge in [0.25, 0.3) is 0 Å². The van der Waals surface area contributed by atoms with E-state index in [1.165, 1.54) is 16.0 Å². The lowest BCUT2D eigenvalue weighted by Crippen LogP contribution is -2.29. The number of amides is 1. The number of benzene rings is 1. The molecule has 3 heteroatoms. The molecule has 1 N–H and O–H groups in total. The summed E-state index contributed by atoms with van der Waals surface area (Å²) in [5.41, 5.74) is 2.53. The van der Waals surface area contributed by atoms with Crippen molar-refractivity contribution in [1.82, 2.24) is 5.32 Å². The molecule has 2 nitrogen and oxygen atoms in total. The first-order valence-electron chi connectivity index (χ1n) is 7.70. The summed E-state index contributed by atoms with van der Waals surface area (Å²) in [5.74, 6) is 0.442. The number of hydrogen-bond donors (Lipinski definition) is 1. The third-order valence-electron chi connectivity index (χ3n) is 3.91. The van der Waals surface area contributed by atoms with Crippen LogP contribution in [0.3, 0.4) is 0 Å². The average molecular weight is 299 g/mol. The smallest absolute Gasteiger partial charge is 0.223 e. The topological polar surface area (TPSA) is 29.1 Å². The first kappa shape index (κ1) is 14.3. The first-order chi connectivity index (χ1) is 10.3. The van der Waals surface area contributed by atoms with Crippen molar-refractivity contribution >= 4 is 17.2 Å². The van der Waals surface area contributed by atoms with Gasteiger partial charge in [-0.25, -0.2) is 0 Å². The second-order valence-electron chi connectivity index (χ2n) is 5.72. The Labute approximate surface area is 130 Å². The van der Waals surface area contributed by atoms with Gasteiger partial charge in [-0.1, -0.05) is 43.7 Å². The molecule has 1 aromatic carbocycles. The summed E-state index contributed by atoms with van der Waals surface area (Å²) in [6, 6.07) is 12.8. The molecule has 2 aromatic rings. The van der Waals surface area contributed by atoms with Crippen molar-refractivity contribution in [1.29, 1.82) is 0 Å². The Morgan fingerprint density at radius 1 is 1.29 bits per heavy atom. The fourth-order valence-corrected chi connectivity index (χ4v) is 3.35. The molecule has 3 rings (SSSR count). The SMILES string of the molecule is CCCc1ccc([C@H](NC(=O)C2CC2)c2cccs2)cc1. The van der Waals surface area contributed by atoms with Crippen LogP contribution >= 0.6 is 11.3 Å². The van der Waals surface area contributed by atoms with Crippen molar-refractivity contribution in [2.45, 2.75) is 38.6 Å². The summed E-state index contributed by atoms with van der Waals surface area (Å²) in [6.45, 7) is 2.19. The highest BCUT2D eigenvalue weighted by molar-refractivity contribution is 7.10. The van der Waals surface area contributed by atoms with Crippen molar-refractivity contribution < 1.29 is 4.79 Å². The lowest BCUT2D eigenvalue weighted by Gasteiger charge is -2.18. The van der Waals surface area contributed by atoms with E-state index in [0.29, 0.717) is 0 Å². The van der Waals surface area contributed by atoms with Crippen molar-refractivity contribution in [3.63, 3.8) is 0 Å². The van der Waals surface area contributed by atoms with Gasteiger partial charge in [-0.15, -0.1) is 11.3 Å². The third kappa shape index (κ3) is 3.53. The molecule has 1 aliphatic rings. The molecular formula is C18H21NOS. The van der Waals surface area contributed by atoms with Gasteiger partial charge < -0.3 is 5.32 Å². The van der Waals surface area contributed by atoms with Gasteiger partial charge in [0.15, 0.2) is 0 Å². The van der Waals surface area contributed by atoms with Gasteiger partial charge >= 0.3 is 0 Å². The Hall–Kier alpha value is -1.61. The van der Waals surface area contributed by atoms with Crippen LogP contribution in [0.15, 0.2) is 41.8 Å². The largest absolute Gasteiger partial charge is 0.344 e. The molecule has 0 spiro atoms. The van der Waals surface area contributed by atoms with Crippen LogP contribution in [0.25, 0.3) is 0 Å². The van der Waals surface area contributed by atoms with Crippen LogP contribution < -0.4 is 5.32 Å². The molecule has 1 saturated carbocycles. The van der Waals surface area contributed by atoms with Crippen molar-refractivity contribution in [3.8, 4) is 0 Å². The number of nitrogens with one attached hydrogen (secondary N) is 1. The highest BCUT2D eigenvalue weighted by Gasteiger charge is 2.31. The second kappa shape index (κ2) is 6.44. The number of aryl methyl sites for hydroxylation is 1. The molecule has 0 saturated heterocycles. The molecule has 0 unspecified atom stereocenters. The first-order valence-corrected chi connectivity index (χ1v) is 8.58. The zero-order valence-corrected chi connectivity index (χ0v) is 13.2. The average Bonchev–Trinajstić information content (AvgIpc) is 3.22. The summed E-state index contributed by atoms with van der Waals surface area (Å²) in [5, 5.41) is 5.29.